The molecule has 176 valence electrons. The first-order chi connectivity index (χ1) is 16.3. The molecule has 1 aliphatic rings. The topological polar surface area (TPSA) is 79.6 Å². The third kappa shape index (κ3) is 5.74. The van der Waals surface area contributed by atoms with E-state index in [9.17, 15) is 14.9 Å². The number of hydrogen-bond acceptors (Lipinski definition) is 5. The SMILES string of the molecule is CCOc1cc(/C=C2/C(=O)N(Cc3ccccc3)C(=O)C(C#N)=C2C)ccc1OCCC(C)C. The summed E-state index contributed by atoms with van der Waals surface area (Å²) in [4.78, 5) is 27.3. The van der Waals surface area contributed by atoms with Gasteiger partial charge in [-0.1, -0.05) is 50.2 Å². The Balaban J connectivity index is 1.96. The Morgan fingerprint density at radius 2 is 1.76 bits per heavy atom. The van der Waals surface area contributed by atoms with Gasteiger partial charge in [0.05, 0.1) is 19.8 Å². The Hall–Kier alpha value is -3.85. The van der Waals surface area contributed by atoms with Gasteiger partial charge in [-0.2, -0.15) is 5.26 Å². The van der Waals surface area contributed by atoms with Crippen LogP contribution >= 0.6 is 0 Å². The van der Waals surface area contributed by atoms with Gasteiger partial charge in [0.1, 0.15) is 11.6 Å². The summed E-state index contributed by atoms with van der Waals surface area (Å²) in [5.41, 5.74) is 2.18. The molecule has 0 aliphatic carbocycles. The highest BCUT2D eigenvalue weighted by Gasteiger charge is 2.35. The minimum absolute atomic E-state index is 0.0274. The van der Waals surface area contributed by atoms with Gasteiger partial charge in [-0.05, 0) is 61.1 Å². The number of ether oxygens (including phenoxy) is 2. The van der Waals surface area contributed by atoms with E-state index >= 15 is 0 Å². The molecule has 34 heavy (non-hydrogen) atoms. The zero-order valence-corrected chi connectivity index (χ0v) is 20.1. The third-order valence-electron chi connectivity index (χ3n) is 5.54. The molecule has 0 fully saturated rings. The summed E-state index contributed by atoms with van der Waals surface area (Å²) < 4.78 is 11.7. The van der Waals surface area contributed by atoms with Gasteiger partial charge >= 0.3 is 0 Å². The Morgan fingerprint density at radius 3 is 2.41 bits per heavy atom. The molecular formula is C28H30N2O4. The zero-order chi connectivity index (χ0) is 24.7. The Bertz CT molecular complexity index is 1160. The van der Waals surface area contributed by atoms with Gasteiger partial charge in [0.15, 0.2) is 11.5 Å². The molecule has 0 bridgehead atoms. The van der Waals surface area contributed by atoms with Crippen LogP contribution in [0.2, 0.25) is 0 Å². The van der Waals surface area contributed by atoms with Crippen LogP contribution < -0.4 is 9.47 Å². The minimum atomic E-state index is -0.574. The highest BCUT2D eigenvalue weighted by Crippen LogP contribution is 2.32. The van der Waals surface area contributed by atoms with Crippen LogP contribution in [0.25, 0.3) is 6.08 Å². The monoisotopic (exact) mass is 458 g/mol. The molecule has 1 heterocycles. The fourth-order valence-electron chi connectivity index (χ4n) is 3.61. The standard InChI is InChI=1S/C28H30N2O4/c1-5-33-26-16-22(11-12-25(26)34-14-13-19(2)3)15-23-20(4)24(17-29)28(32)30(27(23)31)18-21-9-7-6-8-10-21/h6-12,15-16,19H,5,13-14,18H2,1-4H3/b23-15+. The normalized spacial score (nSPS) is 15.2. The number of hydrogen-bond donors (Lipinski definition) is 0. The van der Waals surface area contributed by atoms with E-state index < -0.39 is 11.8 Å². The molecule has 2 aromatic carbocycles. The molecule has 1 aliphatic heterocycles. The van der Waals surface area contributed by atoms with Crippen molar-refractivity contribution in [2.24, 2.45) is 5.92 Å². The molecule has 0 aromatic heterocycles. The van der Waals surface area contributed by atoms with Crippen molar-refractivity contribution in [3.8, 4) is 17.6 Å². The van der Waals surface area contributed by atoms with Crippen molar-refractivity contribution in [1.29, 1.82) is 5.26 Å². The van der Waals surface area contributed by atoms with Crippen molar-refractivity contribution < 1.29 is 19.1 Å². The van der Waals surface area contributed by atoms with E-state index in [4.69, 9.17) is 9.47 Å². The van der Waals surface area contributed by atoms with Crippen molar-refractivity contribution in [3.63, 3.8) is 0 Å². The van der Waals surface area contributed by atoms with Crippen molar-refractivity contribution in [3.05, 3.63) is 76.4 Å². The maximum absolute atomic E-state index is 13.3. The van der Waals surface area contributed by atoms with Crippen molar-refractivity contribution in [1.82, 2.24) is 4.90 Å². The lowest BCUT2D eigenvalue weighted by Gasteiger charge is -2.27. The van der Waals surface area contributed by atoms with Gasteiger partial charge in [-0.3, -0.25) is 14.5 Å². The number of amides is 2. The van der Waals surface area contributed by atoms with Crippen molar-refractivity contribution in [2.45, 2.75) is 40.7 Å². The van der Waals surface area contributed by atoms with Gasteiger partial charge in [-0.15, -0.1) is 0 Å². The largest absolute Gasteiger partial charge is 0.490 e. The summed E-state index contributed by atoms with van der Waals surface area (Å²) in [6.07, 6.45) is 2.62. The average Bonchev–Trinajstić information content (AvgIpc) is 2.82. The summed E-state index contributed by atoms with van der Waals surface area (Å²) in [7, 11) is 0. The molecule has 2 amide bonds. The molecule has 0 spiro atoms. The molecule has 2 aromatic rings. The predicted molar refractivity (Wildman–Crippen MR) is 131 cm³/mol. The average molecular weight is 459 g/mol. The maximum atomic E-state index is 13.3. The summed E-state index contributed by atoms with van der Waals surface area (Å²) >= 11 is 0. The molecule has 0 unspecified atom stereocenters. The lowest BCUT2D eigenvalue weighted by molar-refractivity contribution is -0.141. The highest BCUT2D eigenvalue weighted by molar-refractivity contribution is 6.19. The van der Waals surface area contributed by atoms with E-state index in [2.05, 4.69) is 13.8 Å². The number of imide groups is 1. The van der Waals surface area contributed by atoms with E-state index in [0.717, 1.165) is 16.9 Å². The number of benzene rings is 2. The molecule has 6 nitrogen and oxygen atoms in total. The number of rotatable bonds is 9. The van der Waals surface area contributed by atoms with E-state index in [0.29, 0.717) is 47.3 Å². The first kappa shape index (κ1) is 24.8. The van der Waals surface area contributed by atoms with Gasteiger partial charge in [0.2, 0.25) is 0 Å². The van der Waals surface area contributed by atoms with Crippen LogP contribution in [0, 0.1) is 17.2 Å². The second kappa shape index (κ2) is 11.3. The molecule has 3 rings (SSSR count). The molecular weight excluding hydrogens is 428 g/mol. The zero-order valence-electron chi connectivity index (χ0n) is 20.1. The number of carbonyl (C=O) groups excluding carboxylic acids is 2. The molecule has 0 saturated carbocycles. The summed E-state index contributed by atoms with van der Waals surface area (Å²) in [5, 5.41) is 9.63. The van der Waals surface area contributed by atoms with E-state index in [1.807, 2.05) is 61.5 Å². The minimum Gasteiger partial charge on any atom is -0.490 e. The summed E-state index contributed by atoms with van der Waals surface area (Å²) in [5.74, 6) is 0.756. The van der Waals surface area contributed by atoms with Crippen LogP contribution in [0.5, 0.6) is 11.5 Å². The van der Waals surface area contributed by atoms with Gasteiger partial charge in [-0.25, -0.2) is 0 Å². The lowest BCUT2D eigenvalue weighted by atomic mass is 9.93. The molecule has 6 heteroatoms. The van der Waals surface area contributed by atoms with E-state index in [1.165, 1.54) is 0 Å². The molecule has 0 saturated heterocycles. The van der Waals surface area contributed by atoms with Crippen LogP contribution in [-0.2, 0) is 16.1 Å². The Kier molecular flexibility index (Phi) is 8.26. The third-order valence-corrected chi connectivity index (χ3v) is 5.54. The van der Waals surface area contributed by atoms with Gasteiger partial charge in [0, 0.05) is 5.57 Å². The first-order valence-corrected chi connectivity index (χ1v) is 11.5. The van der Waals surface area contributed by atoms with Crippen LogP contribution in [0.15, 0.2) is 65.3 Å². The predicted octanol–water partition coefficient (Wildman–Crippen LogP) is 5.30. The van der Waals surface area contributed by atoms with Crippen molar-refractivity contribution in [2.75, 3.05) is 13.2 Å². The second-order valence-corrected chi connectivity index (χ2v) is 8.52. The molecule has 0 radical (unpaired) electrons. The fraction of sp³-hybridized carbons (Fsp3) is 0.321. The lowest BCUT2D eigenvalue weighted by Crippen LogP contribution is -2.42. The summed E-state index contributed by atoms with van der Waals surface area (Å²) in [6.45, 7) is 8.96. The Labute approximate surface area is 201 Å². The Morgan fingerprint density at radius 1 is 1.03 bits per heavy atom. The molecule has 0 N–H and O–H groups in total. The van der Waals surface area contributed by atoms with Crippen LogP contribution in [-0.4, -0.2) is 29.9 Å². The smallest absolute Gasteiger partial charge is 0.271 e. The van der Waals surface area contributed by atoms with Crippen LogP contribution in [0.4, 0.5) is 0 Å². The van der Waals surface area contributed by atoms with Gasteiger partial charge < -0.3 is 9.47 Å². The van der Waals surface area contributed by atoms with Gasteiger partial charge in [0.25, 0.3) is 11.8 Å². The number of nitriles is 1. The summed E-state index contributed by atoms with van der Waals surface area (Å²) in [6, 6.07) is 16.7. The maximum Gasteiger partial charge on any atom is 0.271 e. The van der Waals surface area contributed by atoms with E-state index in [-0.39, 0.29) is 12.1 Å². The van der Waals surface area contributed by atoms with Crippen LogP contribution in [0.3, 0.4) is 0 Å². The van der Waals surface area contributed by atoms with Crippen molar-refractivity contribution >= 4 is 17.9 Å². The first-order valence-electron chi connectivity index (χ1n) is 11.5. The van der Waals surface area contributed by atoms with E-state index in [1.54, 1.807) is 13.0 Å². The number of nitrogens with zero attached hydrogens (tertiary/aromatic N) is 2. The number of carbonyl (C=O) groups is 2. The van der Waals surface area contributed by atoms with Crippen LogP contribution in [0.1, 0.15) is 45.2 Å². The molecule has 0 atom stereocenters. The second-order valence-electron chi connectivity index (χ2n) is 8.52. The fourth-order valence-corrected chi connectivity index (χ4v) is 3.61. The quantitative estimate of drug-likeness (QED) is 0.376. The highest BCUT2D eigenvalue weighted by atomic mass is 16.5.